The number of ether oxygens (including phenoxy) is 3. The lowest BCUT2D eigenvalue weighted by molar-refractivity contribution is 0.0469. The molecular weight excluding hydrogens is 263 g/mol. The van der Waals surface area contributed by atoms with E-state index in [4.69, 9.17) is 14.2 Å². The summed E-state index contributed by atoms with van der Waals surface area (Å²) >= 11 is 0. The summed E-state index contributed by atoms with van der Waals surface area (Å²) in [6.45, 7) is 3.97. The SMILES string of the molecule is CCCCC(=O)c1ccc(OCC)c(F)c1OCOC. The number of ketones is 1. The van der Waals surface area contributed by atoms with Gasteiger partial charge >= 0.3 is 0 Å². The zero-order chi connectivity index (χ0) is 15.0. The summed E-state index contributed by atoms with van der Waals surface area (Å²) in [6, 6.07) is 2.99. The molecule has 4 nitrogen and oxygen atoms in total. The highest BCUT2D eigenvalue weighted by Gasteiger charge is 2.20. The van der Waals surface area contributed by atoms with Crippen LogP contribution in [0.25, 0.3) is 0 Å². The molecule has 0 bridgehead atoms. The molecule has 0 amide bonds. The van der Waals surface area contributed by atoms with E-state index in [9.17, 15) is 9.18 Å². The Morgan fingerprint density at radius 2 is 2.00 bits per heavy atom. The monoisotopic (exact) mass is 284 g/mol. The van der Waals surface area contributed by atoms with Crippen LogP contribution in [0.15, 0.2) is 12.1 Å². The van der Waals surface area contributed by atoms with Crippen molar-refractivity contribution in [3.05, 3.63) is 23.5 Å². The molecule has 0 unspecified atom stereocenters. The third-order valence-electron chi connectivity index (χ3n) is 2.74. The summed E-state index contributed by atoms with van der Waals surface area (Å²) < 4.78 is 29.4. The number of hydrogen-bond acceptors (Lipinski definition) is 4. The molecule has 0 fully saturated rings. The third kappa shape index (κ3) is 4.20. The van der Waals surface area contributed by atoms with E-state index < -0.39 is 5.82 Å². The highest BCUT2D eigenvalue weighted by Crippen LogP contribution is 2.32. The van der Waals surface area contributed by atoms with Gasteiger partial charge < -0.3 is 14.2 Å². The molecule has 0 atom stereocenters. The van der Waals surface area contributed by atoms with E-state index >= 15 is 0 Å². The first-order valence-corrected chi connectivity index (χ1v) is 6.75. The van der Waals surface area contributed by atoms with E-state index in [0.29, 0.717) is 13.0 Å². The highest BCUT2D eigenvalue weighted by molar-refractivity contribution is 5.98. The number of carbonyl (C=O) groups excluding carboxylic acids is 1. The Balaban J connectivity index is 3.08. The van der Waals surface area contributed by atoms with E-state index in [2.05, 4.69) is 0 Å². The van der Waals surface area contributed by atoms with E-state index in [-0.39, 0.29) is 29.6 Å². The Morgan fingerprint density at radius 3 is 2.60 bits per heavy atom. The third-order valence-corrected chi connectivity index (χ3v) is 2.74. The molecule has 0 aliphatic carbocycles. The Morgan fingerprint density at radius 1 is 1.25 bits per heavy atom. The molecule has 1 aromatic rings. The standard InChI is InChI=1S/C15H21FO4/c1-4-6-7-12(17)11-8-9-13(19-5-2)14(16)15(11)20-10-18-3/h8-9H,4-7,10H2,1-3H3. The molecule has 1 aromatic carbocycles. The lowest BCUT2D eigenvalue weighted by atomic mass is 10.0. The van der Waals surface area contributed by atoms with Crippen LogP contribution in [-0.2, 0) is 4.74 Å². The van der Waals surface area contributed by atoms with Crippen molar-refractivity contribution in [1.82, 2.24) is 0 Å². The highest BCUT2D eigenvalue weighted by atomic mass is 19.1. The molecule has 20 heavy (non-hydrogen) atoms. The number of carbonyl (C=O) groups is 1. The fourth-order valence-electron chi connectivity index (χ4n) is 1.76. The van der Waals surface area contributed by atoms with Crippen LogP contribution in [0.3, 0.4) is 0 Å². The van der Waals surface area contributed by atoms with Gasteiger partial charge in [0.1, 0.15) is 0 Å². The fourth-order valence-corrected chi connectivity index (χ4v) is 1.76. The van der Waals surface area contributed by atoms with Gasteiger partial charge in [0.05, 0.1) is 12.2 Å². The fraction of sp³-hybridized carbons (Fsp3) is 0.533. The number of unbranched alkanes of at least 4 members (excludes halogenated alkanes) is 1. The van der Waals surface area contributed by atoms with E-state index in [1.165, 1.54) is 19.2 Å². The Bertz CT molecular complexity index is 446. The van der Waals surface area contributed by atoms with Gasteiger partial charge in [-0.2, -0.15) is 4.39 Å². The molecule has 0 N–H and O–H groups in total. The second-order valence-corrected chi connectivity index (χ2v) is 4.26. The molecule has 0 aromatic heterocycles. The summed E-state index contributed by atoms with van der Waals surface area (Å²) in [5, 5.41) is 0. The predicted molar refractivity (Wildman–Crippen MR) is 73.9 cm³/mol. The summed E-state index contributed by atoms with van der Waals surface area (Å²) in [6.07, 6.45) is 2.03. The van der Waals surface area contributed by atoms with Crippen molar-refractivity contribution in [2.24, 2.45) is 0 Å². The Labute approximate surface area is 118 Å². The van der Waals surface area contributed by atoms with Gasteiger partial charge in [-0.05, 0) is 25.5 Å². The van der Waals surface area contributed by atoms with Gasteiger partial charge in [0.15, 0.2) is 24.1 Å². The smallest absolute Gasteiger partial charge is 0.207 e. The number of benzene rings is 1. The first kappa shape index (κ1) is 16.4. The van der Waals surface area contributed by atoms with Crippen LogP contribution in [0.2, 0.25) is 0 Å². The van der Waals surface area contributed by atoms with Crippen molar-refractivity contribution >= 4 is 5.78 Å². The molecule has 5 heteroatoms. The van der Waals surface area contributed by atoms with Crippen molar-refractivity contribution in [2.75, 3.05) is 20.5 Å². The van der Waals surface area contributed by atoms with E-state index in [1.54, 1.807) is 6.92 Å². The maximum atomic E-state index is 14.3. The molecular formula is C15H21FO4. The minimum atomic E-state index is -0.661. The van der Waals surface area contributed by atoms with Gasteiger partial charge in [0.2, 0.25) is 5.82 Å². The van der Waals surface area contributed by atoms with Crippen molar-refractivity contribution in [3.8, 4) is 11.5 Å². The van der Waals surface area contributed by atoms with Crippen LogP contribution in [0.5, 0.6) is 11.5 Å². The van der Waals surface area contributed by atoms with Crippen molar-refractivity contribution in [3.63, 3.8) is 0 Å². The number of halogens is 1. The first-order valence-electron chi connectivity index (χ1n) is 6.75. The van der Waals surface area contributed by atoms with Gasteiger partial charge in [0, 0.05) is 13.5 Å². The molecule has 112 valence electrons. The summed E-state index contributed by atoms with van der Waals surface area (Å²) in [5.41, 5.74) is 0.233. The maximum Gasteiger partial charge on any atom is 0.207 e. The molecule has 0 heterocycles. The summed E-state index contributed by atoms with van der Waals surface area (Å²) in [4.78, 5) is 12.1. The van der Waals surface area contributed by atoms with Crippen LogP contribution < -0.4 is 9.47 Å². The molecule has 0 radical (unpaired) electrons. The molecule has 0 spiro atoms. The molecule has 0 saturated heterocycles. The van der Waals surface area contributed by atoms with Crippen LogP contribution in [-0.4, -0.2) is 26.3 Å². The maximum absolute atomic E-state index is 14.3. The summed E-state index contributed by atoms with van der Waals surface area (Å²) in [7, 11) is 1.43. The zero-order valence-corrected chi connectivity index (χ0v) is 12.2. The second kappa shape index (κ2) is 8.53. The molecule has 0 aliphatic heterocycles. The zero-order valence-electron chi connectivity index (χ0n) is 12.2. The number of methoxy groups -OCH3 is 1. The minimum absolute atomic E-state index is 0.0747. The minimum Gasteiger partial charge on any atom is -0.491 e. The van der Waals surface area contributed by atoms with Crippen LogP contribution in [0.4, 0.5) is 4.39 Å². The lowest BCUT2D eigenvalue weighted by Crippen LogP contribution is -2.09. The number of Topliss-reactive ketones (excluding diaryl/α,β-unsaturated/α-hetero) is 1. The van der Waals surface area contributed by atoms with Gasteiger partial charge in [-0.3, -0.25) is 4.79 Å². The Hall–Kier alpha value is -1.62. The van der Waals surface area contributed by atoms with Crippen LogP contribution in [0, 0.1) is 5.82 Å². The first-order chi connectivity index (χ1) is 9.65. The largest absolute Gasteiger partial charge is 0.491 e. The Kier molecular flexibility index (Phi) is 7.01. The predicted octanol–water partition coefficient (Wildman–Crippen LogP) is 3.58. The average Bonchev–Trinajstić information content (AvgIpc) is 2.45. The molecule has 0 saturated carbocycles. The van der Waals surface area contributed by atoms with Gasteiger partial charge in [-0.25, -0.2) is 0 Å². The topological polar surface area (TPSA) is 44.8 Å². The van der Waals surface area contributed by atoms with Crippen molar-refractivity contribution in [2.45, 2.75) is 33.1 Å². The average molecular weight is 284 g/mol. The van der Waals surface area contributed by atoms with Gasteiger partial charge in [-0.1, -0.05) is 13.3 Å². The van der Waals surface area contributed by atoms with Crippen LogP contribution >= 0.6 is 0 Å². The quantitative estimate of drug-likeness (QED) is 0.513. The number of rotatable bonds is 9. The lowest BCUT2D eigenvalue weighted by Gasteiger charge is -2.14. The van der Waals surface area contributed by atoms with E-state index in [1.807, 2.05) is 6.92 Å². The van der Waals surface area contributed by atoms with Gasteiger partial charge in [-0.15, -0.1) is 0 Å². The second-order valence-electron chi connectivity index (χ2n) is 4.26. The van der Waals surface area contributed by atoms with Crippen LogP contribution in [0.1, 0.15) is 43.5 Å². The van der Waals surface area contributed by atoms with E-state index in [0.717, 1.165) is 12.8 Å². The number of hydrogen-bond donors (Lipinski definition) is 0. The summed E-state index contributed by atoms with van der Waals surface area (Å²) in [5.74, 6) is -0.823. The molecule has 1 rings (SSSR count). The normalized spacial score (nSPS) is 10.4. The van der Waals surface area contributed by atoms with Gasteiger partial charge in [0.25, 0.3) is 0 Å². The molecule has 0 aliphatic rings. The van der Waals surface area contributed by atoms with Crippen molar-refractivity contribution in [1.29, 1.82) is 0 Å². The van der Waals surface area contributed by atoms with Crippen molar-refractivity contribution < 1.29 is 23.4 Å².